The number of aryl methyl sites for hydroxylation is 1. The molecule has 0 unspecified atom stereocenters. The monoisotopic (exact) mass is 421 g/mol. The summed E-state index contributed by atoms with van der Waals surface area (Å²) in [6.07, 6.45) is 3.99. The number of pyridine rings is 1. The first-order valence-corrected chi connectivity index (χ1v) is 10.6. The summed E-state index contributed by atoms with van der Waals surface area (Å²) in [7, 11) is 0. The van der Waals surface area contributed by atoms with Crippen molar-refractivity contribution < 1.29 is 9.53 Å². The van der Waals surface area contributed by atoms with Gasteiger partial charge in [-0.1, -0.05) is 48.5 Å². The van der Waals surface area contributed by atoms with Gasteiger partial charge in [-0.2, -0.15) is 0 Å². The molecule has 0 aliphatic carbocycles. The van der Waals surface area contributed by atoms with Gasteiger partial charge in [0.15, 0.2) is 0 Å². The third kappa shape index (κ3) is 3.58. The molecule has 32 heavy (non-hydrogen) atoms. The number of nitrogens with one attached hydrogen (secondary N) is 1. The van der Waals surface area contributed by atoms with Gasteiger partial charge in [0.1, 0.15) is 11.4 Å². The number of hydrogen-bond acceptors (Lipinski definition) is 3. The number of fused-ring (bicyclic) bond motifs is 2. The average molecular weight is 422 g/mol. The van der Waals surface area contributed by atoms with E-state index in [0.717, 1.165) is 33.2 Å². The number of carbonyl (C=O) groups excluding carboxylic acids is 1. The van der Waals surface area contributed by atoms with Crippen molar-refractivity contribution in [2.24, 2.45) is 0 Å². The van der Waals surface area contributed by atoms with Gasteiger partial charge in [0.25, 0.3) is 5.91 Å². The van der Waals surface area contributed by atoms with E-state index in [-0.39, 0.29) is 5.91 Å². The second-order valence-electron chi connectivity index (χ2n) is 7.68. The van der Waals surface area contributed by atoms with Crippen LogP contribution in [0.5, 0.6) is 5.75 Å². The Morgan fingerprint density at radius 1 is 1.03 bits per heavy atom. The lowest BCUT2D eigenvalue weighted by atomic mass is 10.0. The van der Waals surface area contributed by atoms with Gasteiger partial charge < -0.3 is 14.5 Å². The molecular weight excluding hydrogens is 398 g/mol. The molecule has 5 aromatic rings. The summed E-state index contributed by atoms with van der Waals surface area (Å²) in [5.74, 6) is 0.379. The van der Waals surface area contributed by atoms with Crippen LogP contribution in [0.1, 0.15) is 22.8 Å². The first-order chi connectivity index (χ1) is 15.6. The van der Waals surface area contributed by atoms with Crippen molar-refractivity contribution in [2.45, 2.75) is 13.8 Å². The van der Waals surface area contributed by atoms with Crippen LogP contribution >= 0.6 is 0 Å². The molecule has 0 aliphatic rings. The highest BCUT2D eigenvalue weighted by Crippen LogP contribution is 2.30. The summed E-state index contributed by atoms with van der Waals surface area (Å²) in [4.78, 5) is 18.1. The summed E-state index contributed by atoms with van der Waals surface area (Å²) in [5.41, 5.74) is 5.08. The topological polar surface area (TPSA) is 55.6 Å². The molecule has 5 heteroatoms. The van der Waals surface area contributed by atoms with E-state index in [1.54, 1.807) is 0 Å². The molecule has 0 bridgehead atoms. The Bertz CT molecular complexity index is 1450. The maximum absolute atomic E-state index is 13.3. The Kier molecular flexibility index (Phi) is 5.07. The molecule has 0 aliphatic heterocycles. The number of nitrogens with zero attached hydrogens (tertiary/aromatic N) is 2. The SMILES string of the molecule is CCOc1ccc2ccccc2c1C(=O)Nc1cccc(-c2cn3cccc(C)c3n2)c1. The number of anilines is 1. The van der Waals surface area contributed by atoms with E-state index in [1.165, 1.54) is 0 Å². The van der Waals surface area contributed by atoms with Crippen molar-refractivity contribution in [2.75, 3.05) is 11.9 Å². The number of ether oxygens (including phenoxy) is 1. The number of hydrogen-bond donors (Lipinski definition) is 1. The zero-order valence-corrected chi connectivity index (χ0v) is 18.0. The summed E-state index contributed by atoms with van der Waals surface area (Å²) in [5, 5.41) is 4.91. The second kappa shape index (κ2) is 8.19. The predicted octanol–water partition coefficient (Wildman–Crippen LogP) is 6.11. The van der Waals surface area contributed by atoms with Crippen molar-refractivity contribution in [3.8, 4) is 17.0 Å². The van der Waals surface area contributed by atoms with Crippen LogP contribution in [0.4, 0.5) is 5.69 Å². The highest BCUT2D eigenvalue weighted by atomic mass is 16.5. The van der Waals surface area contributed by atoms with Gasteiger partial charge in [-0.15, -0.1) is 0 Å². The van der Waals surface area contributed by atoms with Crippen molar-refractivity contribution >= 4 is 28.0 Å². The third-order valence-corrected chi connectivity index (χ3v) is 5.51. The van der Waals surface area contributed by atoms with Crippen molar-refractivity contribution in [3.63, 3.8) is 0 Å². The Hall–Kier alpha value is -4.12. The Balaban J connectivity index is 1.50. The van der Waals surface area contributed by atoms with Crippen LogP contribution in [-0.4, -0.2) is 21.9 Å². The fourth-order valence-corrected chi connectivity index (χ4v) is 4.00. The quantitative estimate of drug-likeness (QED) is 0.372. The molecule has 2 heterocycles. The average Bonchev–Trinajstić information content (AvgIpc) is 3.25. The highest BCUT2D eigenvalue weighted by Gasteiger charge is 2.17. The molecule has 1 N–H and O–H groups in total. The molecule has 0 saturated heterocycles. The van der Waals surface area contributed by atoms with E-state index >= 15 is 0 Å². The maximum atomic E-state index is 13.3. The molecular formula is C27H23N3O2. The van der Waals surface area contributed by atoms with Gasteiger partial charge in [-0.25, -0.2) is 4.98 Å². The lowest BCUT2D eigenvalue weighted by molar-refractivity contribution is 0.102. The molecule has 0 atom stereocenters. The van der Waals surface area contributed by atoms with Crippen LogP contribution in [-0.2, 0) is 0 Å². The number of benzene rings is 3. The van der Waals surface area contributed by atoms with Crippen LogP contribution < -0.4 is 10.1 Å². The second-order valence-corrected chi connectivity index (χ2v) is 7.68. The highest BCUT2D eigenvalue weighted by molar-refractivity contribution is 6.15. The van der Waals surface area contributed by atoms with Crippen molar-refractivity contribution in [3.05, 3.63) is 96.3 Å². The Labute approximate surface area is 186 Å². The van der Waals surface area contributed by atoms with E-state index in [2.05, 4.69) is 5.32 Å². The molecule has 0 radical (unpaired) electrons. The number of imidazole rings is 1. The van der Waals surface area contributed by atoms with E-state index in [4.69, 9.17) is 9.72 Å². The zero-order valence-electron chi connectivity index (χ0n) is 18.0. The fraction of sp³-hybridized carbons (Fsp3) is 0.111. The van der Waals surface area contributed by atoms with Gasteiger partial charge in [-0.3, -0.25) is 4.79 Å². The summed E-state index contributed by atoms with van der Waals surface area (Å²) in [6, 6.07) is 23.5. The van der Waals surface area contributed by atoms with Gasteiger partial charge in [-0.05, 0) is 54.4 Å². The smallest absolute Gasteiger partial charge is 0.260 e. The van der Waals surface area contributed by atoms with Gasteiger partial charge in [0.05, 0.1) is 17.9 Å². The molecule has 1 amide bonds. The lowest BCUT2D eigenvalue weighted by Gasteiger charge is -2.14. The number of aromatic nitrogens is 2. The van der Waals surface area contributed by atoms with E-state index in [0.29, 0.717) is 23.6 Å². The molecule has 158 valence electrons. The summed E-state index contributed by atoms with van der Waals surface area (Å²) in [6.45, 7) is 4.45. The third-order valence-electron chi connectivity index (χ3n) is 5.51. The number of rotatable bonds is 5. The Morgan fingerprint density at radius 3 is 2.75 bits per heavy atom. The van der Waals surface area contributed by atoms with Crippen LogP contribution in [0.15, 0.2) is 85.2 Å². The van der Waals surface area contributed by atoms with E-state index in [9.17, 15) is 4.79 Å². The van der Waals surface area contributed by atoms with Crippen LogP contribution in [0.2, 0.25) is 0 Å². The fourth-order valence-electron chi connectivity index (χ4n) is 4.00. The van der Waals surface area contributed by atoms with Gasteiger partial charge >= 0.3 is 0 Å². The first-order valence-electron chi connectivity index (χ1n) is 10.6. The Morgan fingerprint density at radius 2 is 1.91 bits per heavy atom. The largest absolute Gasteiger partial charge is 0.493 e. The molecule has 2 aromatic heterocycles. The molecule has 5 nitrogen and oxygen atoms in total. The van der Waals surface area contributed by atoms with E-state index < -0.39 is 0 Å². The van der Waals surface area contributed by atoms with Gasteiger partial charge in [0, 0.05) is 23.6 Å². The van der Waals surface area contributed by atoms with Crippen molar-refractivity contribution in [1.29, 1.82) is 0 Å². The van der Waals surface area contributed by atoms with Crippen molar-refractivity contribution in [1.82, 2.24) is 9.38 Å². The lowest BCUT2D eigenvalue weighted by Crippen LogP contribution is -2.14. The van der Waals surface area contributed by atoms with Gasteiger partial charge in [0.2, 0.25) is 0 Å². The predicted molar refractivity (Wildman–Crippen MR) is 128 cm³/mol. The first kappa shape index (κ1) is 19.8. The van der Waals surface area contributed by atoms with E-state index in [1.807, 2.05) is 103 Å². The van der Waals surface area contributed by atoms with Crippen LogP contribution in [0.25, 0.3) is 27.7 Å². The minimum atomic E-state index is -0.201. The minimum absolute atomic E-state index is 0.201. The van der Waals surface area contributed by atoms with Crippen LogP contribution in [0, 0.1) is 6.92 Å². The number of carbonyl (C=O) groups is 1. The molecule has 0 saturated carbocycles. The molecule has 0 fully saturated rings. The maximum Gasteiger partial charge on any atom is 0.260 e. The normalized spacial score (nSPS) is 11.1. The summed E-state index contributed by atoms with van der Waals surface area (Å²) < 4.78 is 7.78. The summed E-state index contributed by atoms with van der Waals surface area (Å²) >= 11 is 0. The zero-order chi connectivity index (χ0) is 22.1. The minimum Gasteiger partial charge on any atom is -0.493 e. The van der Waals surface area contributed by atoms with Crippen LogP contribution in [0.3, 0.4) is 0 Å². The molecule has 3 aromatic carbocycles. The standard InChI is InChI=1S/C27H23N3O2/c1-3-32-24-14-13-19-9-4-5-12-22(19)25(24)27(31)28-21-11-6-10-20(16-21)23-17-30-15-7-8-18(2)26(30)29-23/h4-17H,3H2,1-2H3,(H,28,31). The molecule has 0 spiro atoms. The number of amides is 1. The molecule has 5 rings (SSSR count).